The first-order valence-corrected chi connectivity index (χ1v) is 10.5. The van der Waals surface area contributed by atoms with Crippen LogP contribution >= 0.6 is 24.0 Å². The van der Waals surface area contributed by atoms with Gasteiger partial charge in [0.05, 0.1) is 15.5 Å². The van der Waals surface area contributed by atoms with E-state index in [4.69, 9.17) is 17.0 Å². The molecule has 0 N–H and O–H groups in total. The number of benzene rings is 3. The van der Waals surface area contributed by atoms with Gasteiger partial charge in [0.25, 0.3) is 11.6 Å². The fourth-order valence-electron chi connectivity index (χ4n) is 2.99. The summed E-state index contributed by atoms with van der Waals surface area (Å²) in [4.78, 5) is 25.2. The van der Waals surface area contributed by atoms with Crippen LogP contribution in [0.1, 0.15) is 11.1 Å². The first-order chi connectivity index (χ1) is 15.0. The van der Waals surface area contributed by atoms with Gasteiger partial charge in [-0.3, -0.25) is 19.8 Å². The van der Waals surface area contributed by atoms with Gasteiger partial charge >= 0.3 is 0 Å². The Labute approximate surface area is 188 Å². The van der Waals surface area contributed by atoms with Crippen molar-refractivity contribution in [3.63, 3.8) is 0 Å². The average Bonchev–Trinajstić information content (AvgIpc) is 3.06. The third-order valence-electron chi connectivity index (χ3n) is 4.52. The second kappa shape index (κ2) is 9.11. The molecule has 31 heavy (non-hydrogen) atoms. The SMILES string of the molecule is O=C1/C(=C/c2ccc(OCc3ccccc3)cc2)SC(=S)N1c1cccc([N+](=O)[O-])c1. The lowest BCUT2D eigenvalue weighted by atomic mass is 10.2. The third-order valence-corrected chi connectivity index (χ3v) is 5.82. The van der Waals surface area contributed by atoms with Crippen LogP contribution in [0.15, 0.2) is 83.8 Å². The molecule has 0 unspecified atom stereocenters. The van der Waals surface area contributed by atoms with Gasteiger partial charge < -0.3 is 4.74 Å². The zero-order valence-corrected chi connectivity index (χ0v) is 17.8. The summed E-state index contributed by atoms with van der Waals surface area (Å²) in [6, 6.07) is 23.2. The van der Waals surface area contributed by atoms with Crippen LogP contribution in [0.5, 0.6) is 5.75 Å². The average molecular weight is 449 g/mol. The number of amides is 1. The van der Waals surface area contributed by atoms with E-state index in [1.165, 1.54) is 34.9 Å². The second-order valence-corrected chi connectivity index (χ2v) is 8.31. The molecule has 0 bridgehead atoms. The standard InChI is InChI=1S/C23H16N2O4S2/c26-22-21(31-23(30)24(22)18-7-4-8-19(14-18)25(27)28)13-16-9-11-20(12-10-16)29-15-17-5-2-1-3-6-17/h1-14H,15H2/b21-13-. The lowest BCUT2D eigenvalue weighted by molar-refractivity contribution is -0.384. The van der Waals surface area contributed by atoms with Crippen molar-refractivity contribution >= 4 is 51.7 Å². The van der Waals surface area contributed by atoms with Crippen LogP contribution in [-0.4, -0.2) is 15.2 Å². The molecule has 0 spiro atoms. The number of carbonyl (C=O) groups is 1. The number of nitro benzene ring substituents is 1. The Morgan fingerprint density at radius 3 is 2.48 bits per heavy atom. The second-order valence-electron chi connectivity index (χ2n) is 6.64. The Hall–Kier alpha value is -3.49. The summed E-state index contributed by atoms with van der Waals surface area (Å²) < 4.78 is 6.12. The zero-order chi connectivity index (χ0) is 21.8. The maximum Gasteiger partial charge on any atom is 0.271 e. The van der Waals surface area contributed by atoms with Gasteiger partial charge in [0.15, 0.2) is 4.32 Å². The predicted molar refractivity (Wildman–Crippen MR) is 126 cm³/mol. The first-order valence-electron chi connectivity index (χ1n) is 9.30. The summed E-state index contributed by atoms with van der Waals surface area (Å²) in [5.74, 6) is 0.421. The molecule has 1 fully saturated rings. The summed E-state index contributed by atoms with van der Waals surface area (Å²) >= 11 is 6.51. The van der Waals surface area contributed by atoms with Crippen molar-refractivity contribution < 1.29 is 14.5 Å². The molecule has 3 aromatic carbocycles. The summed E-state index contributed by atoms with van der Waals surface area (Å²) in [6.45, 7) is 0.474. The minimum atomic E-state index is -0.502. The van der Waals surface area contributed by atoms with Gasteiger partial charge in [-0.1, -0.05) is 72.5 Å². The van der Waals surface area contributed by atoms with E-state index in [1.807, 2.05) is 54.6 Å². The van der Waals surface area contributed by atoms with Gasteiger partial charge in [0, 0.05) is 12.1 Å². The highest BCUT2D eigenvalue weighted by Crippen LogP contribution is 2.37. The number of ether oxygens (including phenoxy) is 1. The third kappa shape index (κ3) is 4.82. The van der Waals surface area contributed by atoms with E-state index in [1.54, 1.807) is 12.1 Å². The minimum Gasteiger partial charge on any atom is -0.489 e. The zero-order valence-electron chi connectivity index (χ0n) is 16.1. The summed E-state index contributed by atoms with van der Waals surface area (Å²) in [6.07, 6.45) is 1.75. The maximum atomic E-state index is 12.9. The molecule has 0 saturated carbocycles. The van der Waals surface area contributed by atoms with Crippen LogP contribution < -0.4 is 9.64 Å². The number of nitrogens with zero attached hydrogens (tertiary/aromatic N) is 2. The van der Waals surface area contributed by atoms with E-state index in [9.17, 15) is 14.9 Å². The van der Waals surface area contributed by atoms with Crippen LogP contribution in [-0.2, 0) is 11.4 Å². The van der Waals surface area contributed by atoms with Crippen molar-refractivity contribution in [1.82, 2.24) is 0 Å². The van der Waals surface area contributed by atoms with E-state index in [0.717, 1.165) is 16.9 Å². The molecule has 1 heterocycles. The van der Waals surface area contributed by atoms with Crippen molar-refractivity contribution in [3.05, 3.63) is 105 Å². The lowest BCUT2D eigenvalue weighted by Crippen LogP contribution is -2.27. The summed E-state index contributed by atoms with van der Waals surface area (Å²) in [5.41, 5.74) is 2.19. The number of hydrogen-bond acceptors (Lipinski definition) is 6. The lowest BCUT2D eigenvalue weighted by Gasteiger charge is -2.13. The van der Waals surface area contributed by atoms with E-state index in [0.29, 0.717) is 21.5 Å². The largest absolute Gasteiger partial charge is 0.489 e. The molecule has 8 heteroatoms. The number of hydrogen-bond donors (Lipinski definition) is 0. The first kappa shape index (κ1) is 20.8. The molecular weight excluding hydrogens is 432 g/mol. The van der Waals surface area contributed by atoms with Gasteiger partial charge in [-0.25, -0.2) is 0 Å². The van der Waals surface area contributed by atoms with Crippen LogP contribution in [0.25, 0.3) is 6.08 Å². The molecule has 4 rings (SSSR count). The summed E-state index contributed by atoms with van der Waals surface area (Å²) in [7, 11) is 0. The Bertz CT molecular complexity index is 1180. The Morgan fingerprint density at radius 1 is 1.03 bits per heavy atom. The smallest absolute Gasteiger partial charge is 0.271 e. The molecule has 0 radical (unpaired) electrons. The molecule has 154 valence electrons. The number of thioether (sulfide) groups is 1. The molecule has 1 aliphatic rings. The van der Waals surface area contributed by atoms with Crippen molar-refractivity contribution in [2.75, 3.05) is 4.90 Å². The fraction of sp³-hybridized carbons (Fsp3) is 0.0435. The number of non-ortho nitro benzene ring substituents is 1. The number of nitro groups is 1. The molecule has 1 amide bonds. The molecule has 0 aromatic heterocycles. The Balaban J connectivity index is 1.48. The monoisotopic (exact) mass is 448 g/mol. The van der Waals surface area contributed by atoms with Gasteiger partial charge in [0.1, 0.15) is 12.4 Å². The quantitative estimate of drug-likeness (QED) is 0.212. The highest BCUT2D eigenvalue weighted by atomic mass is 32.2. The predicted octanol–water partition coefficient (Wildman–Crippen LogP) is 5.58. The van der Waals surface area contributed by atoms with E-state index < -0.39 is 4.92 Å². The molecule has 3 aromatic rings. The number of carbonyl (C=O) groups excluding carboxylic acids is 1. The van der Waals surface area contributed by atoms with E-state index in [-0.39, 0.29) is 11.6 Å². The normalized spacial score (nSPS) is 14.8. The van der Waals surface area contributed by atoms with Crippen molar-refractivity contribution in [3.8, 4) is 5.75 Å². The maximum absolute atomic E-state index is 12.9. The number of anilines is 1. The van der Waals surface area contributed by atoms with Crippen LogP contribution in [0.4, 0.5) is 11.4 Å². The van der Waals surface area contributed by atoms with Crippen molar-refractivity contribution in [2.45, 2.75) is 6.61 Å². The molecule has 6 nitrogen and oxygen atoms in total. The number of rotatable bonds is 6. The molecule has 1 aliphatic heterocycles. The van der Waals surface area contributed by atoms with Gasteiger partial charge in [-0.05, 0) is 35.4 Å². The van der Waals surface area contributed by atoms with E-state index in [2.05, 4.69) is 0 Å². The minimum absolute atomic E-state index is 0.0957. The van der Waals surface area contributed by atoms with Crippen molar-refractivity contribution in [1.29, 1.82) is 0 Å². The van der Waals surface area contributed by atoms with Crippen molar-refractivity contribution in [2.24, 2.45) is 0 Å². The topological polar surface area (TPSA) is 72.7 Å². The Kier molecular flexibility index (Phi) is 6.11. The highest BCUT2D eigenvalue weighted by Gasteiger charge is 2.33. The van der Waals surface area contributed by atoms with Crippen LogP contribution in [0.2, 0.25) is 0 Å². The molecule has 0 aliphatic carbocycles. The van der Waals surface area contributed by atoms with Gasteiger partial charge in [0.2, 0.25) is 0 Å². The van der Waals surface area contributed by atoms with Gasteiger partial charge in [-0.2, -0.15) is 0 Å². The number of thiocarbonyl (C=S) groups is 1. The highest BCUT2D eigenvalue weighted by molar-refractivity contribution is 8.27. The van der Waals surface area contributed by atoms with Crippen LogP contribution in [0, 0.1) is 10.1 Å². The summed E-state index contributed by atoms with van der Waals surface area (Å²) in [5, 5.41) is 11.0. The van der Waals surface area contributed by atoms with Crippen LogP contribution in [0.3, 0.4) is 0 Å². The fourth-order valence-corrected chi connectivity index (χ4v) is 4.29. The molecular formula is C23H16N2O4S2. The molecule has 0 atom stereocenters. The molecule has 1 saturated heterocycles. The Morgan fingerprint density at radius 2 is 1.77 bits per heavy atom. The van der Waals surface area contributed by atoms with E-state index >= 15 is 0 Å². The van der Waals surface area contributed by atoms with Gasteiger partial charge in [-0.15, -0.1) is 0 Å².